The van der Waals surface area contributed by atoms with E-state index in [1.54, 1.807) is 30.6 Å². The van der Waals surface area contributed by atoms with Crippen LogP contribution in [0.5, 0.6) is 0 Å². The molecular formula is C16H13N3O3S. The summed E-state index contributed by atoms with van der Waals surface area (Å²) in [6.45, 7) is 1.42. The van der Waals surface area contributed by atoms with Gasteiger partial charge >= 0.3 is 5.63 Å². The molecule has 0 saturated heterocycles. The maximum absolute atomic E-state index is 11.8. The van der Waals surface area contributed by atoms with Crippen LogP contribution >= 0.6 is 11.8 Å². The first-order valence-electron chi connectivity index (χ1n) is 6.86. The third-order valence-electron chi connectivity index (χ3n) is 3.05. The first kappa shape index (κ1) is 15.2. The minimum Gasteiger partial charge on any atom is -0.423 e. The normalized spacial score (nSPS) is 10.7. The lowest BCUT2D eigenvalue weighted by molar-refractivity contribution is -0.114. The lowest BCUT2D eigenvalue weighted by Gasteiger charge is -2.07. The molecule has 0 aliphatic heterocycles. The molecule has 0 radical (unpaired) electrons. The van der Waals surface area contributed by atoms with Gasteiger partial charge in [0.05, 0.1) is 0 Å². The molecule has 1 N–H and O–H groups in total. The largest absolute Gasteiger partial charge is 0.423 e. The van der Waals surface area contributed by atoms with Gasteiger partial charge in [-0.15, -0.1) is 0 Å². The van der Waals surface area contributed by atoms with Crippen LogP contribution in [0.15, 0.2) is 57.1 Å². The maximum atomic E-state index is 11.8. The number of rotatable bonds is 4. The number of nitrogens with zero attached hydrogens (tertiary/aromatic N) is 2. The van der Waals surface area contributed by atoms with E-state index in [4.69, 9.17) is 4.42 Å². The van der Waals surface area contributed by atoms with Crippen LogP contribution in [0, 0.1) is 0 Å². The standard InChI is InChI=1S/C16H13N3O3S/c1-10(20)19-12-3-4-13-11(7-15(21)22-14(13)8-12)9-23-16-17-5-2-6-18-16/h2-8H,9H2,1H3,(H,19,20). The summed E-state index contributed by atoms with van der Waals surface area (Å²) in [5.41, 5.74) is 1.43. The second-order valence-corrected chi connectivity index (χ2v) is 5.75. The summed E-state index contributed by atoms with van der Waals surface area (Å²) in [6.07, 6.45) is 3.35. The van der Waals surface area contributed by atoms with Crippen LogP contribution in [0.1, 0.15) is 12.5 Å². The average molecular weight is 327 g/mol. The summed E-state index contributed by atoms with van der Waals surface area (Å²) in [6, 6.07) is 8.46. The highest BCUT2D eigenvalue weighted by Gasteiger charge is 2.08. The molecule has 0 bridgehead atoms. The summed E-state index contributed by atoms with van der Waals surface area (Å²) in [5, 5.41) is 4.13. The van der Waals surface area contributed by atoms with Crippen molar-refractivity contribution < 1.29 is 9.21 Å². The molecule has 23 heavy (non-hydrogen) atoms. The van der Waals surface area contributed by atoms with Crippen molar-refractivity contribution in [3.63, 3.8) is 0 Å². The summed E-state index contributed by atoms with van der Waals surface area (Å²) in [5.74, 6) is 0.366. The van der Waals surface area contributed by atoms with E-state index in [-0.39, 0.29) is 5.91 Å². The van der Waals surface area contributed by atoms with Gasteiger partial charge in [-0.05, 0) is 23.8 Å². The molecule has 0 spiro atoms. The van der Waals surface area contributed by atoms with E-state index in [9.17, 15) is 9.59 Å². The van der Waals surface area contributed by atoms with Crippen molar-refractivity contribution in [2.75, 3.05) is 5.32 Å². The molecule has 2 heterocycles. The highest BCUT2D eigenvalue weighted by molar-refractivity contribution is 7.98. The van der Waals surface area contributed by atoms with E-state index in [1.165, 1.54) is 24.8 Å². The van der Waals surface area contributed by atoms with Crippen LogP contribution in [0.25, 0.3) is 11.0 Å². The fraction of sp³-hybridized carbons (Fsp3) is 0.125. The van der Waals surface area contributed by atoms with Gasteiger partial charge < -0.3 is 9.73 Å². The van der Waals surface area contributed by atoms with Crippen LogP contribution in [-0.4, -0.2) is 15.9 Å². The Hall–Kier alpha value is -2.67. The third-order valence-corrected chi connectivity index (χ3v) is 3.97. The molecule has 2 aromatic heterocycles. The van der Waals surface area contributed by atoms with Crippen molar-refractivity contribution in [2.24, 2.45) is 0 Å². The smallest absolute Gasteiger partial charge is 0.336 e. The minimum atomic E-state index is -0.429. The molecule has 1 amide bonds. The van der Waals surface area contributed by atoms with Gasteiger partial charge in [0.25, 0.3) is 0 Å². The first-order valence-corrected chi connectivity index (χ1v) is 7.84. The highest BCUT2D eigenvalue weighted by Crippen LogP contribution is 2.26. The number of benzene rings is 1. The lowest BCUT2D eigenvalue weighted by Crippen LogP contribution is -2.06. The Morgan fingerprint density at radius 1 is 1.26 bits per heavy atom. The predicted octanol–water partition coefficient (Wildman–Crippen LogP) is 2.83. The zero-order valence-corrected chi connectivity index (χ0v) is 13.1. The van der Waals surface area contributed by atoms with E-state index < -0.39 is 5.63 Å². The fourth-order valence-electron chi connectivity index (χ4n) is 2.13. The van der Waals surface area contributed by atoms with Gasteiger partial charge in [-0.25, -0.2) is 14.8 Å². The van der Waals surface area contributed by atoms with Gasteiger partial charge in [-0.2, -0.15) is 0 Å². The predicted molar refractivity (Wildman–Crippen MR) is 88.4 cm³/mol. The van der Waals surface area contributed by atoms with Crippen molar-refractivity contribution in [3.8, 4) is 0 Å². The Balaban J connectivity index is 1.93. The SMILES string of the molecule is CC(=O)Nc1ccc2c(CSc3ncccn3)cc(=O)oc2c1. The van der Waals surface area contributed by atoms with Gasteiger partial charge in [-0.3, -0.25) is 4.79 Å². The molecule has 0 unspecified atom stereocenters. The number of fused-ring (bicyclic) bond motifs is 1. The molecule has 0 fully saturated rings. The summed E-state index contributed by atoms with van der Waals surface area (Å²) in [7, 11) is 0. The topological polar surface area (TPSA) is 85.1 Å². The number of nitrogens with one attached hydrogen (secondary N) is 1. The number of thioether (sulfide) groups is 1. The quantitative estimate of drug-likeness (QED) is 0.450. The number of carbonyl (C=O) groups excluding carboxylic acids is 1. The molecule has 0 saturated carbocycles. The van der Waals surface area contributed by atoms with Crippen LogP contribution in [0.4, 0.5) is 5.69 Å². The van der Waals surface area contributed by atoms with Gasteiger partial charge in [0.15, 0.2) is 5.16 Å². The molecule has 6 nitrogen and oxygen atoms in total. The van der Waals surface area contributed by atoms with E-state index in [1.807, 2.05) is 6.07 Å². The number of carbonyl (C=O) groups is 1. The molecule has 116 valence electrons. The molecule has 0 atom stereocenters. The van der Waals surface area contributed by atoms with Crippen molar-refractivity contribution >= 4 is 34.3 Å². The van der Waals surface area contributed by atoms with Crippen LogP contribution in [0.2, 0.25) is 0 Å². The molecule has 3 aromatic rings. The number of anilines is 1. The Bertz CT molecular complexity index is 909. The summed E-state index contributed by atoms with van der Waals surface area (Å²) >= 11 is 1.44. The minimum absolute atomic E-state index is 0.181. The number of hydrogen-bond donors (Lipinski definition) is 1. The zero-order chi connectivity index (χ0) is 16.2. The van der Waals surface area contributed by atoms with E-state index in [2.05, 4.69) is 15.3 Å². The Labute approximate surface area is 136 Å². The van der Waals surface area contributed by atoms with Crippen LogP contribution in [0.3, 0.4) is 0 Å². The first-order chi connectivity index (χ1) is 11.1. The molecule has 3 rings (SSSR count). The van der Waals surface area contributed by atoms with Crippen molar-refractivity contribution in [1.29, 1.82) is 0 Å². The van der Waals surface area contributed by atoms with E-state index in [0.29, 0.717) is 22.2 Å². The highest BCUT2D eigenvalue weighted by atomic mass is 32.2. The molecular weight excluding hydrogens is 314 g/mol. The molecule has 1 aromatic carbocycles. The van der Waals surface area contributed by atoms with Gasteiger partial charge in [-0.1, -0.05) is 11.8 Å². The molecule has 7 heteroatoms. The van der Waals surface area contributed by atoms with Crippen LogP contribution in [-0.2, 0) is 10.5 Å². The molecule has 0 aliphatic carbocycles. The number of aromatic nitrogens is 2. The fourth-order valence-corrected chi connectivity index (χ4v) is 2.93. The monoisotopic (exact) mass is 327 g/mol. The van der Waals surface area contributed by atoms with Crippen molar-refractivity contribution in [2.45, 2.75) is 17.8 Å². The van der Waals surface area contributed by atoms with E-state index in [0.717, 1.165) is 10.9 Å². The Morgan fingerprint density at radius 2 is 2.04 bits per heavy atom. The summed E-state index contributed by atoms with van der Waals surface area (Å²) in [4.78, 5) is 31.2. The third kappa shape index (κ3) is 3.75. The van der Waals surface area contributed by atoms with Gasteiger partial charge in [0.1, 0.15) is 5.58 Å². The van der Waals surface area contributed by atoms with E-state index >= 15 is 0 Å². The van der Waals surface area contributed by atoms with Crippen molar-refractivity contribution in [3.05, 3.63) is 58.7 Å². The second-order valence-electron chi connectivity index (χ2n) is 4.80. The zero-order valence-electron chi connectivity index (χ0n) is 12.3. The molecule has 0 aliphatic rings. The Morgan fingerprint density at radius 3 is 2.78 bits per heavy atom. The number of hydrogen-bond acceptors (Lipinski definition) is 6. The summed E-state index contributed by atoms with van der Waals surface area (Å²) < 4.78 is 5.23. The van der Waals surface area contributed by atoms with Gasteiger partial charge in [0.2, 0.25) is 5.91 Å². The number of amides is 1. The maximum Gasteiger partial charge on any atom is 0.336 e. The second kappa shape index (κ2) is 6.62. The Kier molecular flexibility index (Phi) is 4.38. The van der Waals surface area contributed by atoms with Gasteiger partial charge in [0, 0.05) is 48.3 Å². The van der Waals surface area contributed by atoms with Crippen LogP contribution < -0.4 is 10.9 Å². The lowest BCUT2D eigenvalue weighted by atomic mass is 10.1. The average Bonchev–Trinajstić information content (AvgIpc) is 2.52. The van der Waals surface area contributed by atoms with Crippen molar-refractivity contribution in [1.82, 2.24) is 9.97 Å².